The van der Waals surface area contributed by atoms with Gasteiger partial charge in [-0.15, -0.1) is 0 Å². The molecule has 1 N–H and O–H groups in total. The van der Waals surface area contributed by atoms with Crippen LogP contribution in [0.4, 0.5) is 0 Å². The summed E-state index contributed by atoms with van der Waals surface area (Å²) in [4.78, 5) is 4.40. The van der Waals surface area contributed by atoms with Crippen LogP contribution in [-0.4, -0.2) is 33.6 Å². The Morgan fingerprint density at radius 3 is 2.80 bits per heavy atom. The molecule has 0 amide bonds. The number of nitrogens with zero attached hydrogens (tertiary/aromatic N) is 3. The maximum absolute atomic E-state index is 10.6. The molecule has 20 heavy (non-hydrogen) atoms. The van der Waals surface area contributed by atoms with Crippen LogP contribution in [0.2, 0.25) is 0 Å². The first-order chi connectivity index (χ1) is 9.54. The molecule has 5 nitrogen and oxygen atoms in total. The zero-order valence-electron chi connectivity index (χ0n) is 11.8. The van der Waals surface area contributed by atoms with Crippen molar-refractivity contribution in [2.24, 2.45) is 0 Å². The molecule has 0 fully saturated rings. The van der Waals surface area contributed by atoms with Crippen molar-refractivity contribution in [1.82, 2.24) is 14.8 Å². The third-order valence-corrected chi connectivity index (χ3v) is 3.77. The van der Waals surface area contributed by atoms with E-state index in [-0.39, 0.29) is 0 Å². The van der Waals surface area contributed by atoms with Gasteiger partial charge >= 0.3 is 0 Å². The summed E-state index contributed by atoms with van der Waals surface area (Å²) in [7, 11) is 1.64. The molecule has 0 spiro atoms. The molecular weight excluding hydrogens is 322 g/mol. The summed E-state index contributed by atoms with van der Waals surface area (Å²) in [5.41, 5.74) is 3.26. The van der Waals surface area contributed by atoms with Crippen LogP contribution in [0.15, 0.2) is 22.8 Å². The van der Waals surface area contributed by atoms with Gasteiger partial charge < -0.3 is 9.84 Å². The van der Waals surface area contributed by atoms with Crippen molar-refractivity contribution in [3.8, 4) is 0 Å². The van der Waals surface area contributed by atoms with E-state index in [0.29, 0.717) is 13.2 Å². The van der Waals surface area contributed by atoms with E-state index in [0.717, 1.165) is 27.1 Å². The summed E-state index contributed by atoms with van der Waals surface area (Å²) in [5, 5.41) is 14.9. The minimum atomic E-state index is -0.767. The van der Waals surface area contributed by atoms with Gasteiger partial charge in [-0.1, -0.05) is 6.07 Å². The van der Waals surface area contributed by atoms with E-state index in [1.54, 1.807) is 18.0 Å². The Kier molecular flexibility index (Phi) is 4.91. The summed E-state index contributed by atoms with van der Waals surface area (Å²) < 4.78 is 7.59. The number of aryl methyl sites for hydroxylation is 2. The molecule has 0 aliphatic rings. The molecule has 0 aromatic carbocycles. The van der Waals surface area contributed by atoms with Crippen LogP contribution >= 0.6 is 15.9 Å². The van der Waals surface area contributed by atoms with Crippen LogP contribution < -0.4 is 0 Å². The molecule has 2 rings (SSSR count). The molecule has 1 unspecified atom stereocenters. The Labute approximate surface area is 126 Å². The van der Waals surface area contributed by atoms with Gasteiger partial charge in [0.1, 0.15) is 6.10 Å². The molecule has 0 aliphatic carbocycles. The van der Waals surface area contributed by atoms with Crippen LogP contribution in [0.5, 0.6) is 0 Å². The summed E-state index contributed by atoms with van der Waals surface area (Å²) in [5.74, 6) is 0. The second kappa shape index (κ2) is 6.47. The lowest BCUT2D eigenvalue weighted by atomic mass is 10.0. The average molecular weight is 340 g/mol. The van der Waals surface area contributed by atoms with E-state index in [4.69, 9.17) is 4.74 Å². The zero-order valence-corrected chi connectivity index (χ0v) is 13.4. The smallest absolute Gasteiger partial charge is 0.124 e. The number of hydrogen-bond donors (Lipinski definition) is 1. The van der Waals surface area contributed by atoms with Gasteiger partial charge in [-0.3, -0.25) is 9.67 Å². The van der Waals surface area contributed by atoms with Crippen LogP contribution in [0.1, 0.15) is 28.7 Å². The third-order valence-electron chi connectivity index (χ3n) is 3.16. The van der Waals surface area contributed by atoms with E-state index in [9.17, 15) is 5.11 Å². The number of pyridine rings is 1. The number of ether oxygens (including phenoxy) is 1. The monoisotopic (exact) mass is 339 g/mol. The lowest BCUT2D eigenvalue weighted by molar-refractivity contribution is 0.170. The second-order valence-electron chi connectivity index (χ2n) is 4.62. The maximum atomic E-state index is 10.6. The van der Waals surface area contributed by atoms with E-state index < -0.39 is 6.10 Å². The number of methoxy groups -OCH3 is 1. The number of aliphatic hydroxyl groups is 1. The highest BCUT2D eigenvalue weighted by atomic mass is 79.9. The van der Waals surface area contributed by atoms with Gasteiger partial charge in [0.2, 0.25) is 0 Å². The van der Waals surface area contributed by atoms with Crippen molar-refractivity contribution < 1.29 is 9.84 Å². The molecule has 2 heterocycles. The highest BCUT2D eigenvalue weighted by Gasteiger charge is 2.21. The fourth-order valence-corrected chi connectivity index (χ4v) is 2.65. The number of hydrogen-bond acceptors (Lipinski definition) is 4. The van der Waals surface area contributed by atoms with Crippen LogP contribution in [0.25, 0.3) is 0 Å². The van der Waals surface area contributed by atoms with Crippen molar-refractivity contribution in [1.29, 1.82) is 0 Å². The topological polar surface area (TPSA) is 60.2 Å². The lowest BCUT2D eigenvalue weighted by Gasteiger charge is -2.16. The van der Waals surface area contributed by atoms with E-state index in [2.05, 4.69) is 26.0 Å². The van der Waals surface area contributed by atoms with Gasteiger partial charge in [0.25, 0.3) is 0 Å². The van der Waals surface area contributed by atoms with E-state index in [1.165, 1.54) is 0 Å². The number of rotatable bonds is 5. The second-order valence-corrected chi connectivity index (χ2v) is 5.48. The van der Waals surface area contributed by atoms with Crippen LogP contribution in [0, 0.1) is 13.8 Å². The molecule has 108 valence electrons. The molecule has 0 saturated heterocycles. The molecule has 0 saturated carbocycles. The summed E-state index contributed by atoms with van der Waals surface area (Å²) in [6.07, 6.45) is 0.919. The zero-order chi connectivity index (χ0) is 14.7. The number of aliphatic hydroxyl groups excluding tert-OH is 1. The normalized spacial score (nSPS) is 12.7. The quantitative estimate of drug-likeness (QED) is 0.908. The van der Waals surface area contributed by atoms with Crippen molar-refractivity contribution in [2.45, 2.75) is 26.5 Å². The van der Waals surface area contributed by atoms with Crippen LogP contribution in [0.3, 0.4) is 0 Å². The molecule has 2 aromatic rings. The molecule has 0 radical (unpaired) electrons. The van der Waals surface area contributed by atoms with E-state index in [1.807, 2.05) is 26.0 Å². The molecule has 0 aliphatic heterocycles. The summed E-state index contributed by atoms with van der Waals surface area (Å²) in [6.45, 7) is 4.96. The van der Waals surface area contributed by atoms with Crippen molar-refractivity contribution in [3.63, 3.8) is 0 Å². The lowest BCUT2D eigenvalue weighted by Crippen LogP contribution is -2.14. The Balaban J connectivity index is 2.37. The Morgan fingerprint density at radius 2 is 2.15 bits per heavy atom. The average Bonchev–Trinajstić information content (AvgIpc) is 2.77. The van der Waals surface area contributed by atoms with Gasteiger partial charge in [-0.05, 0) is 35.8 Å². The minimum absolute atomic E-state index is 0.541. The highest BCUT2D eigenvalue weighted by Crippen LogP contribution is 2.29. The largest absolute Gasteiger partial charge is 0.383 e. The van der Waals surface area contributed by atoms with Gasteiger partial charge in [0.05, 0.1) is 29.5 Å². The Hall–Kier alpha value is -1.24. The van der Waals surface area contributed by atoms with Crippen molar-refractivity contribution >= 4 is 15.9 Å². The van der Waals surface area contributed by atoms with Crippen molar-refractivity contribution in [2.75, 3.05) is 13.7 Å². The first-order valence-corrected chi connectivity index (χ1v) is 7.16. The van der Waals surface area contributed by atoms with E-state index >= 15 is 0 Å². The van der Waals surface area contributed by atoms with Gasteiger partial charge in [-0.25, -0.2) is 0 Å². The molecule has 0 bridgehead atoms. The van der Waals surface area contributed by atoms with Crippen LogP contribution in [-0.2, 0) is 11.3 Å². The first kappa shape index (κ1) is 15.2. The highest BCUT2D eigenvalue weighted by molar-refractivity contribution is 9.10. The standard InChI is InChI=1S/C14H18BrN3O2/c1-9-4-5-11(10(2)17-9)14(19)13-12(15)8-16-18(13)6-7-20-3/h4-5,8,14,19H,6-7H2,1-3H3. The Morgan fingerprint density at radius 1 is 1.40 bits per heavy atom. The minimum Gasteiger partial charge on any atom is -0.383 e. The van der Waals surface area contributed by atoms with Gasteiger partial charge in [0, 0.05) is 24.1 Å². The molecule has 2 aromatic heterocycles. The molecule has 1 atom stereocenters. The molecule has 6 heteroatoms. The summed E-state index contributed by atoms with van der Waals surface area (Å²) >= 11 is 3.44. The third kappa shape index (κ3) is 3.08. The first-order valence-electron chi connectivity index (χ1n) is 6.37. The number of aromatic nitrogens is 3. The summed E-state index contributed by atoms with van der Waals surface area (Å²) in [6, 6.07) is 3.80. The maximum Gasteiger partial charge on any atom is 0.124 e. The fraction of sp³-hybridized carbons (Fsp3) is 0.429. The predicted octanol–water partition coefficient (Wildman–Crippen LogP) is 2.39. The SMILES string of the molecule is COCCn1ncc(Br)c1C(O)c1ccc(C)nc1C. The Bertz CT molecular complexity index is 598. The fourth-order valence-electron chi connectivity index (χ4n) is 2.13. The van der Waals surface area contributed by atoms with Gasteiger partial charge in [0.15, 0.2) is 0 Å². The van der Waals surface area contributed by atoms with Gasteiger partial charge in [-0.2, -0.15) is 5.10 Å². The number of halogens is 1. The predicted molar refractivity (Wildman–Crippen MR) is 79.6 cm³/mol. The van der Waals surface area contributed by atoms with Crippen molar-refractivity contribution in [3.05, 3.63) is 45.4 Å². The molecular formula is C14H18BrN3O2.